The smallest absolute Gasteiger partial charge is 0.232 e. The number of primary amides is 1. The number of carbonyl (C=O) groups is 1. The fourth-order valence-corrected chi connectivity index (χ4v) is 4.00. The molecule has 0 aliphatic carbocycles. The van der Waals surface area contributed by atoms with Crippen molar-refractivity contribution in [1.82, 2.24) is 4.90 Å². The first-order valence-corrected chi connectivity index (χ1v) is 9.33. The lowest BCUT2D eigenvalue weighted by Crippen LogP contribution is -2.49. The third kappa shape index (κ3) is 3.62. The summed E-state index contributed by atoms with van der Waals surface area (Å²) in [6.45, 7) is 9.10. The van der Waals surface area contributed by atoms with Crippen molar-refractivity contribution in [2.75, 3.05) is 19.6 Å². The van der Waals surface area contributed by atoms with Crippen LogP contribution >= 0.6 is 0 Å². The van der Waals surface area contributed by atoms with Gasteiger partial charge < -0.3 is 10.6 Å². The molecule has 3 heteroatoms. The molecule has 2 N–H and O–H groups in total. The Morgan fingerprint density at radius 2 is 1.52 bits per heavy atom. The molecule has 1 heterocycles. The molecule has 0 spiro atoms. The number of rotatable bonds is 5. The second-order valence-electron chi connectivity index (χ2n) is 6.28. The number of benzene rings is 2. The van der Waals surface area contributed by atoms with Crippen molar-refractivity contribution in [2.45, 2.75) is 32.6 Å². The van der Waals surface area contributed by atoms with Gasteiger partial charge >= 0.3 is 0 Å². The van der Waals surface area contributed by atoms with Gasteiger partial charge in [0, 0.05) is 6.54 Å². The van der Waals surface area contributed by atoms with E-state index in [9.17, 15) is 4.79 Å². The van der Waals surface area contributed by atoms with Gasteiger partial charge in [0.05, 0.1) is 0 Å². The van der Waals surface area contributed by atoms with Crippen molar-refractivity contribution >= 4 is 5.91 Å². The maximum atomic E-state index is 12.8. The van der Waals surface area contributed by atoms with Gasteiger partial charge in [0.25, 0.3) is 0 Å². The topological polar surface area (TPSA) is 46.3 Å². The molecular formula is C22H30N2O. The normalized spacial score (nSPS) is 17.6. The van der Waals surface area contributed by atoms with Gasteiger partial charge in [-0.3, -0.25) is 4.79 Å². The molecule has 1 atom stereocenters. The van der Waals surface area contributed by atoms with Crippen LogP contribution in [0.25, 0.3) is 0 Å². The number of nitrogens with two attached hydrogens (primary N) is 1. The fourth-order valence-electron chi connectivity index (χ4n) is 4.00. The van der Waals surface area contributed by atoms with E-state index in [1.54, 1.807) is 0 Å². The lowest BCUT2D eigenvalue weighted by molar-refractivity contribution is -0.123. The number of carbonyl (C=O) groups excluding carboxylic acids is 1. The Morgan fingerprint density at radius 1 is 1.04 bits per heavy atom. The van der Waals surface area contributed by atoms with Crippen molar-refractivity contribution in [3.8, 4) is 0 Å². The van der Waals surface area contributed by atoms with E-state index in [1.165, 1.54) is 0 Å². The predicted octanol–water partition coefficient (Wildman–Crippen LogP) is 3.83. The zero-order valence-corrected chi connectivity index (χ0v) is 15.6. The van der Waals surface area contributed by atoms with Gasteiger partial charge in [0.2, 0.25) is 5.91 Å². The summed E-state index contributed by atoms with van der Waals surface area (Å²) >= 11 is 0. The van der Waals surface area contributed by atoms with Crippen LogP contribution in [0.1, 0.15) is 38.3 Å². The van der Waals surface area contributed by atoms with E-state index in [0.29, 0.717) is 0 Å². The molecule has 0 radical (unpaired) electrons. The molecular weight excluding hydrogens is 308 g/mol. The average Bonchev–Trinajstić information content (AvgIpc) is 3.15. The number of amides is 1. The summed E-state index contributed by atoms with van der Waals surface area (Å²) in [5.41, 5.74) is 7.29. The molecule has 0 bridgehead atoms. The summed E-state index contributed by atoms with van der Waals surface area (Å²) < 4.78 is 0. The molecule has 3 rings (SSSR count). The predicted molar refractivity (Wildman–Crippen MR) is 104 cm³/mol. The Morgan fingerprint density at radius 3 is 1.88 bits per heavy atom. The zero-order chi connectivity index (χ0) is 18.3. The minimum atomic E-state index is -0.757. The molecule has 1 amide bonds. The molecule has 1 fully saturated rings. The number of hydrogen-bond acceptors (Lipinski definition) is 2. The molecule has 2 aromatic rings. The largest absolute Gasteiger partial charge is 0.369 e. The molecule has 3 nitrogen and oxygen atoms in total. The van der Waals surface area contributed by atoms with Crippen LogP contribution in [0.15, 0.2) is 60.7 Å². The van der Waals surface area contributed by atoms with E-state index in [1.807, 2.05) is 74.5 Å². The molecule has 0 aromatic heterocycles. The molecule has 134 valence electrons. The first-order valence-electron chi connectivity index (χ1n) is 9.33. The van der Waals surface area contributed by atoms with Gasteiger partial charge in [0.1, 0.15) is 5.41 Å². The Balaban J connectivity index is 0.00000109. The SMILES string of the molecule is CC.CCN1CCC(C(C(N)=O)(c2ccccc2)c2ccccc2)C1. The molecule has 25 heavy (non-hydrogen) atoms. The highest BCUT2D eigenvalue weighted by molar-refractivity contribution is 5.91. The van der Waals surface area contributed by atoms with E-state index in [2.05, 4.69) is 11.8 Å². The number of nitrogens with zero attached hydrogens (tertiary/aromatic N) is 1. The van der Waals surface area contributed by atoms with Crippen molar-refractivity contribution in [1.29, 1.82) is 0 Å². The Hall–Kier alpha value is -2.13. The van der Waals surface area contributed by atoms with E-state index in [-0.39, 0.29) is 11.8 Å². The Bertz CT molecular complexity index is 615. The standard InChI is InChI=1S/C20H24N2O.C2H6/c1-2-22-14-13-18(15-22)20(19(21)23,16-9-5-3-6-10-16)17-11-7-4-8-12-17;1-2/h3-12,18H,2,13-15H2,1H3,(H2,21,23);1-2H3. The van der Waals surface area contributed by atoms with E-state index >= 15 is 0 Å². The van der Waals surface area contributed by atoms with Gasteiger partial charge in [-0.1, -0.05) is 81.4 Å². The van der Waals surface area contributed by atoms with Crippen LogP contribution in [0.4, 0.5) is 0 Å². The lowest BCUT2D eigenvalue weighted by Gasteiger charge is -2.37. The van der Waals surface area contributed by atoms with Crippen molar-refractivity contribution < 1.29 is 4.79 Å². The average molecular weight is 338 g/mol. The lowest BCUT2D eigenvalue weighted by atomic mass is 9.64. The van der Waals surface area contributed by atoms with E-state index < -0.39 is 5.41 Å². The monoisotopic (exact) mass is 338 g/mol. The van der Waals surface area contributed by atoms with Gasteiger partial charge in [0.15, 0.2) is 0 Å². The molecule has 1 aliphatic rings. The first kappa shape index (κ1) is 19.2. The molecule has 1 aliphatic heterocycles. The highest BCUT2D eigenvalue weighted by Gasteiger charge is 2.49. The Kier molecular flexibility index (Phi) is 6.77. The minimum absolute atomic E-state index is 0.199. The summed E-state index contributed by atoms with van der Waals surface area (Å²) in [6, 6.07) is 20.0. The van der Waals surface area contributed by atoms with Crippen molar-refractivity contribution in [2.24, 2.45) is 11.7 Å². The molecule has 1 unspecified atom stereocenters. The van der Waals surface area contributed by atoms with Crippen LogP contribution < -0.4 is 5.73 Å². The van der Waals surface area contributed by atoms with Gasteiger partial charge in [-0.2, -0.15) is 0 Å². The summed E-state index contributed by atoms with van der Waals surface area (Å²) in [6.07, 6.45) is 0.987. The number of hydrogen-bond donors (Lipinski definition) is 1. The van der Waals surface area contributed by atoms with Crippen LogP contribution in [0.5, 0.6) is 0 Å². The highest BCUT2D eigenvalue weighted by atomic mass is 16.1. The fraction of sp³-hybridized carbons (Fsp3) is 0.409. The Labute approximate surface area is 151 Å². The van der Waals surface area contributed by atoms with Crippen LogP contribution in [0.2, 0.25) is 0 Å². The second-order valence-corrected chi connectivity index (χ2v) is 6.28. The third-order valence-electron chi connectivity index (χ3n) is 5.18. The maximum absolute atomic E-state index is 12.8. The maximum Gasteiger partial charge on any atom is 0.232 e. The second kappa shape index (κ2) is 8.82. The minimum Gasteiger partial charge on any atom is -0.369 e. The summed E-state index contributed by atoms with van der Waals surface area (Å²) in [5, 5.41) is 0. The van der Waals surface area contributed by atoms with Crippen LogP contribution in [0, 0.1) is 5.92 Å². The van der Waals surface area contributed by atoms with Gasteiger partial charge in [-0.05, 0) is 36.6 Å². The molecule has 1 saturated heterocycles. The summed E-state index contributed by atoms with van der Waals surface area (Å²) in [5.74, 6) is -0.0531. The van der Waals surface area contributed by atoms with Crippen LogP contribution in [-0.2, 0) is 10.2 Å². The highest BCUT2D eigenvalue weighted by Crippen LogP contribution is 2.43. The molecule has 2 aromatic carbocycles. The number of likely N-dealkylation sites (tertiary alicyclic amines) is 1. The third-order valence-corrected chi connectivity index (χ3v) is 5.18. The quantitative estimate of drug-likeness (QED) is 0.901. The van der Waals surface area contributed by atoms with Crippen molar-refractivity contribution in [3.05, 3.63) is 71.8 Å². The van der Waals surface area contributed by atoms with Crippen LogP contribution in [-0.4, -0.2) is 30.4 Å². The first-order chi connectivity index (χ1) is 12.2. The summed E-state index contributed by atoms with van der Waals surface area (Å²) in [4.78, 5) is 15.2. The van der Waals surface area contributed by atoms with E-state index in [4.69, 9.17) is 5.73 Å². The zero-order valence-electron chi connectivity index (χ0n) is 15.6. The van der Waals surface area contributed by atoms with E-state index in [0.717, 1.165) is 37.2 Å². The molecule has 0 saturated carbocycles. The van der Waals surface area contributed by atoms with Crippen LogP contribution in [0.3, 0.4) is 0 Å². The summed E-state index contributed by atoms with van der Waals surface area (Å²) in [7, 11) is 0. The van der Waals surface area contributed by atoms with Gasteiger partial charge in [-0.25, -0.2) is 0 Å². The van der Waals surface area contributed by atoms with Crippen molar-refractivity contribution in [3.63, 3.8) is 0 Å². The van der Waals surface area contributed by atoms with Gasteiger partial charge in [-0.15, -0.1) is 0 Å².